The second-order valence-electron chi connectivity index (χ2n) is 7.32. The maximum absolute atomic E-state index is 15.0. The van der Waals surface area contributed by atoms with Gasteiger partial charge in [-0.05, 0) is 54.4 Å². The number of sulfone groups is 1. The topological polar surface area (TPSA) is 59.9 Å². The van der Waals surface area contributed by atoms with Crippen molar-refractivity contribution in [2.24, 2.45) is 0 Å². The molecule has 1 aromatic heterocycles. The molecule has 4 rings (SSSR count). The number of para-hydroxylation sites is 1. The van der Waals surface area contributed by atoms with E-state index in [0.29, 0.717) is 11.1 Å². The molecule has 0 radical (unpaired) electrons. The number of aromatic nitrogens is 2. The van der Waals surface area contributed by atoms with Crippen LogP contribution in [0.2, 0.25) is 0 Å². The van der Waals surface area contributed by atoms with Crippen LogP contribution >= 0.6 is 0 Å². The van der Waals surface area contributed by atoms with Crippen molar-refractivity contribution >= 4 is 20.9 Å². The molecule has 9 heteroatoms. The Morgan fingerprint density at radius 1 is 0.875 bits per heavy atom. The lowest BCUT2D eigenvalue weighted by Gasteiger charge is -2.13. The van der Waals surface area contributed by atoms with E-state index in [4.69, 9.17) is 0 Å². The van der Waals surface area contributed by atoms with Crippen LogP contribution in [0.25, 0.3) is 33.4 Å². The molecule has 0 atom stereocenters. The molecule has 0 spiro atoms. The molecule has 0 N–H and O–H groups in total. The first kappa shape index (κ1) is 21.9. The summed E-state index contributed by atoms with van der Waals surface area (Å²) in [7, 11) is -3.43. The Labute approximate surface area is 181 Å². The zero-order valence-electron chi connectivity index (χ0n) is 16.9. The van der Waals surface area contributed by atoms with Gasteiger partial charge in [0.15, 0.2) is 9.84 Å². The van der Waals surface area contributed by atoms with E-state index in [9.17, 15) is 21.6 Å². The standard InChI is InChI=1S/C23H16F4N2O2S/c1-13-21(29-20-8-4-7-18(22(20)28-13)23(25,26)27)17-10-9-15(12-19(17)24)14-5-3-6-16(11-14)32(2,30)31/h3-12H,1-2H3. The molecule has 0 amide bonds. The second kappa shape index (κ2) is 7.67. The van der Waals surface area contributed by atoms with E-state index >= 15 is 4.39 Å². The van der Waals surface area contributed by atoms with Crippen molar-refractivity contribution in [2.45, 2.75) is 18.0 Å². The van der Waals surface area contributed by atoms with Gasteiger partial charge in [-0.3, -0.25) is 0 Å². The molecule has 0 saturated carbocycles. The summed E-state index contributed by atoms with van der Waals surface area (Å²) in [5.74, 6) is -0.656. The van der Waals surface area contributed by atoms with Gasteiger partial charge >= 0.3 is 6.18 Å². The average Bonchev–Trinajstić information content (AvgIpc) is 2.72. The molecular weight excluding hydrogens is 444 g/mol. The number of rotatable bonds is 3. The van der Waals surface area contributed by atoms with Gasteiger partial charge in [0.05, 0.1) is 27.4 Å². The number of fused-ring (bicyclic) bond motifs is 1. The van der Waals surface area contributed by atoms with Gasteiger partial charge in [0.25, 0.3) is 0 Å². The normalized spacial score (nSPS) is 12.3. The molecule has 0 fully saturated rings. The highest BCUT2D eigenvalue weighted by Crippen LogP contribution is 2.35. The maximum atomic E-state index is 15.0. The molecule has 4 nitrogen and oxygen atoms in total. The van der Waals surface area contributed by atoms with E-state index in [1.165, 1.54) is 43.3 Å². The Morgan fingerprint density at radius 3 is 2.22 bits per heavy atom. The zero-order valence-corrected chi connectivity index (χ0v) is 17.7. The van der Waals surface area contributed by atoms with Gasteiger partial charge in [0, 0.05) is 11.8 Å². The Kier molecular flexibility index (Phi) is 5.24. The van der Waals surface area contributed by atoms with Crippen LogP contribution in [0.15, 0.2) is 65.6 Å². The predicted molar refractivity (Wildman–Crippen MR) is 113 cm³/mol. The van der Waals surface area contributed by atoms with Crippen LogP contribution < -0.4 is 0 Å². The number of benzene rings is 3. The monoisotopic (exact) mass is 460 g/mol. The highest BCUT2D eigenvalue weighted by Gasteiger charge is 2.33. The van der Waals surface area contributed by atoms with E-state index in [1.54, 1.807) is 18.2 Å². The number of aryl methyl sites for hydroxylation is 1. The molecule has 3 aromatic carbocycles. The van der Waals surface area contributed by atoms with Crippen LogP contribution in [-0.4, -0.2) is 24.6 Å². The van der Waals surface area contributed by atoms with Crippen molar-refractivity contribution in [3.63, 3.8) is 0 Å². The van der Waals surface area contributed by atoms with Crippen molar-refractivity contribution in [1.29, 1.82) is 0 Å². The third-order valence-corrected chi connectivity index (χ3v) is 6.10. The molecule has 0 unspecified atom stereocenters. The zero-order chi connectivity index (χ0) is 23.3. The van der Waals surface area contributed by atoms with Gasteiger partial charge in [-0.25, -0.2) is 22.8 Å². The molecule has 4 aromatic rings. The van der Waals surface area contributed by atoms with Crippen LogP contribution in [0.4, 0.5) is 17.6 Å². The van der Waals surface area contributed by atoms with Gasteiger partial charge in [-0.1, -0.05) is 24.3 Å². The van der Waals surface area contributed by atoms with Crippen molar-refractivity contribution < 1.29 is 26.0 Å². The number of halogens is 4. The van der Waals surface area contributed by atoms with E-state index in [1.807, 2.05) is 0 Å². The van der Waals surface area contributed by atoms with Crippen LogP contribution in [-0.2, 0) is 16.0 Å². The molecule has 0 aliphatic carbocycles. The van der Waals surface area contributed by atoms with Crippen molar-refractivity contribution in [3.05, 3.63) is 77.7 Å². The Bertz CT molecular complexity index is 1470. The lowest BCUT2D eigenvalue weighted by Crippen LogP contribution is -2.08. The summed E-state index contributed by atoms with van der Waals surface area (Å²) >= 11 is 0. The molecular formula is C23H16F4N2O2S. The van der Waals surface area contributed by atoms with E-state index < -0.39 is 27.4 Å². The van der Waals surface area contributed by atoms with E-state index in [2.05, 4.69) is 9.97 Å². The lowest BCUT2D eigenvalue weighted by atomic mass is 10.0. The summed E-state index contributed by atoms with van der Waals surface area (Å²) in [6.45, 7) is 1.47. The molecule has 0 saturated heterocycles. The summed E-state index contributed by atoms with van der Waals surface area (Å²) in [6, 6.07) is 13.9. The average molecular weight is 460 g/mol. The van der Waals surface area contributed by atoms with Gasteiger partial charge in [0.2, 0.25) is 0 Å². The summed E-state index contributed by atoms with van der Waals surface area (Å²) in [5, 5.41) is 0. The Balaban J connectivity index is 1.81. The third-order valence-electron chi connectivity index (χ3n) is 4.99. The number of hydrogen-bond donors (Lipinski definition) is 0. The van der Waals surface area contributed by atoms with Crippen molar-refractivity contribution in [3.8, 4) is 22.4 Å². The summed E-state index contributed by atoms with van der Waals surface area (Å²) in [5.41, 5.74) is 0.124. The molecule has 164 valence electrons. The summed E-state index contributed by atoms with van der Waals surface area (Å²) in [6.07, 6.45) is -3.50. The first-order valence-electron chi connectivity index (χ1n) is 9.40. The van der Waals surface area contributed by atoms with Crippen LogP contribution in [0.5, 0.6) is 0 Å². The van der Waals surface area contributed by atoms with Gasteiger partial charge in [-0.2, -0.15) is 13.2 Å². The van der Waals surface area contributed by atoms with Crippen molar-refractivity contribution in [2.75, 3.05) is 6.26 Å². The van der Waals surface area contributed by atoms with E-state index in [0.717, 1.165) is 12.3 Å². The minimum atomic E-state index is -4.59. The quantitative estimate of drug-likeness (QED) is 0.361. The highest BCUT2D eigenvalue weighted by molar-refractivity contribution is 7.90. The molecule has 0 aliphatic rings. The number of hydrogen-bond acceptors (Lipinski definition) is 4. The lowest BCUT2D eigenvalue weighted by molar-refractivity contribution is -0.136. The Hall–Kier alpha value is -3.33. The Morgan fingerprint density at radius 2 is 1.56 bits per heavy atom. The molecule has 0 aliphatic heterocycles. The van der Waals surface area contributed by atoms with Crippen LogP contribution in [0.1, 0.15) is 11.3 Å². The van der Waals surface area contributed by atoms with Gasteiger partial charge < -0.3 is 0 Å². The van der Waals surface area contributed by atoms with Gasteiger partial charge in [-0.15, -0.1) is 0 Å². The van der Waals surface area contributed by atoms with Crippen LogP contribution in [0, 0.1) is 12.7 Å². The highest BCUT2D eigenvalue weighted by atomic mass is 32.2. The third kappa shape index (κ3) is 4.08. The largest absolute Gasteiger partial charge is 0.418 e. The number of alkyl halides is 3. The minimum Gasteiger partial charge on any atom is -0.249 e. The van der Waals surface area contributed by atoms with Crippen LogP contribution in [0.3, 0.4) is 0 Å². The first-order chi connectivity index (χ1) is 14.9. The first-order valence-corrected chi connectivity index (χ1v) is 11.3. The van der Waals surface area contributed by atoms with Gasteiger partial charge in [0.1, 0.15) is 11.3 Å². The molecule has 1 heterocycles. The summed E-state index contributed by atoms with van der Waals surface area (Å²) in [4.78, 5) is 8.42. The fraction of sp³-hybridized carbons (Fsp3) is 0.130. The van der Waals surface area contributed by atoms with Crippen molar-refractivity contribution in [1.82, 2.24) is 9.97 Å². The fourth-order valence-corrected chi connectivity index (χ4v) is 4.10. The minimum absolute atomic E-state index is 0.00440. The predicted octanol–water partition coefficient (Wildman–Crippen LogP) is 5.83. The maximum Gasteiger partial charge on any atom is 0.418 e. The molecule has 32 heavy (non-hydrogen) atoms. The SMILES string of the molecule is Cc1nc2c(C(F)(F)F)cccc2nc1-c1ccc(-c2cccc(S(C)(=O)=O)c2)cc1F. The summed E-state index contributed by atoms with van der Waals surface area (Å²) < 4.78 is 78.5. The smallest absolute Gasteiger partial charge is 0.249 e. The second-order valence-corrected chi connectivity index (χ2v) is 9.34. The fourth-order valence-electron chi connectivity index (χ4n) is 3.44. The molecule has 0 bridgehead atoms. The number of nitrogens with zero attached hydrogens (tertiary/aromatic N) is 2. The van der Waals surface area contributed by atoms with E-state index in [-0.39, 0.29) is 32.9 Å².